The summed E-state index contributed by atoms with van der Waals surface area (Å²) in [5.74, 6) is 1.29. The normalized spacial score (nSPS) is 25.3. The Bertz CT molecular complexity index is 710. The van der Waals surface area contributed by atoms with Gasteiger partial charge in [-0.25, -0.2) is 4.99 Å². The van der Waals surface area contributed by atoms with E-state index in [1.54, 1.807) is 0 Å². The van der Waals surface area contributed by atoms with Gasteiger partial charge in [0.25, 0.3) is 0 Å². The third-order valence-corrected chi connectivity index (χ3v) is 6.24. The van der Waals surface area contributed by atoms with Crippen LogP contribution in [0.15, 0.2) is 29.3 Å². The number of carbonyl (C=O) groups excluding carboxylic acids is 1. The second kappa shape index (κ2) is 8.52. The summed E-state index contributed by atoms with van der Waals surface area (Å²) >= 11 is 0. The van der Waals surface area contributed by atoms with Crippen LogP contribution >= 0.6 is 0 Å². The maximum Gasteiger partial charge on any atom is 0.222 e. The molecule has 3 aliphatic heterocycles. The monoisotopic (exact) mass is 384 g/mol. The van der Waals surface area contributed by atoms with E-state index in [0.29, 0.717) is 18.4 Å². The molecule has 0 aromatic heterocycles. The van der Waals surface area contributed by atoms with Crippen LogP contribution in [0, 0.1) is 5.41 Å². The molecule has 4 rings (SSSR count). The summed E-state index contributed by atoms with van der Waals surface area (Å²) in [6, 6.07) is 8.53. The van der Waals surface area contributed by atoms with Crippen molar-refractivity contribution in [3.8, 4) is 0 Å². The lowest BCUT2D eigenvalue weighted by atomic mass is 9.87. The van der Waals surface area contributed by atoms with Crippen LogP contribution in [0.1, 0.15) is 43.7 Å². The topological polar surface area (TPSA) is 57.2 Å². The van der Waals surface area contributed by atoms with E-state index < -0.39 is 0 Å². The number of guanidine groups is 1. The molecule has 1 N–H and O–H groups in total. The SMILES string of the molecule is CCNC(=NCc1ccc(CN2CCCC2=O)cc1)N1CCC2(CCOC2)C1. The number of nitrogens with zero attached hydrogens (tertiary/aromatic N) is 3. The first-order chi connectivity index (χ1) is 13.7. The van der Waals surface area contributed by atoms with E-state index in [1.165, 1.54) is 24.0 Å². The number of aliphatic imine (C=N–C) groups is 1. The number of amides is 1. The minimum absolute atomic E-state index is 0.278. The Morgan fingerprint density at radius 2 is 2.04 bits per heavy atom. The number of likely N-dealkylation sites (tertiary alicyclic amines) is 2. The Kier molecular flexibility index (Phi) is 5.85. The van der Waals surface area contributed by atoms with Gasteiger partial charge in [-0.3, -0.25) is 4.79 Å². The zero-order chi connectivity index (χ0) is 19.4. The molecule has 0 radical (unpaired) electrons. The molecule has 1 aromatic rings. The molecular weight excluding hydrogens is 352 g/mol. The average molecular weight is 385 g/mol. The molecule has 1 unspecified atom stereocenters. The fourth-order valence-electron chi connectivity index (χ4n) is 4.52. The van der Waals surface area contributed by atoms with Crippen molar-refractivity contribution in [3.05, 3.63) is 35.4 Å². The van der Waals surface area contributed by atoms with E-state index >= 15 is 0 Å². The summed E-state index contributed by atoms with van der Waals surface area (Å²) in [5.41, 5.74) is 2.73. The van der Waals surface area contributed by atoms with Crippen molar-refractivity contribution in [2.24, 2.45) is 10.4 Å². The van der Waals surface area contributed by atoms with Gasteiger partial charge in [0.15, 0.2) is 5.96 Å². The number of nitrogens with one attached hydrogen (secondary N) is 1. The van der Waals surface area contributed by atoms with E-state index in [9.17, 15) is 4.79 Å². The second-order valence-corrected chi connectivity index (χ2v) is 8.38. The summed E-state index contributed by atoms with van der Waals surface area (Å²) < 4.78 is 5.65. The van der Waals surface area contributed by atoms with Gasteiger partial charge in [-0.1, -0.05) is 24.3 Å². The predicted molar refractivity (Wildman–Crippen MR) is 110 cm³/mol. The molecule has 1 spiro atoms. The molecule has 0 bridgehead atoms. The number of hydrogen-bond acceptors (Lipinski definition) is 3. The van der Waals surface area contributed by atoms with Gasteiger partial charge in [0.2, 0.25) is 5.91 Å². The van der Waals surface area contributed by atoms with Crippen molar-refractivity contribution in [2.75, 3.05) is 39.4 Å². The van der Waals surface area contributed by atoms with E-state index in [1.807, 2.05) is 4.90 Å². The minimum atomic E-state index is 0.278. The Labute approximate surface area is 167 Å². The number of carbonyl (C=O) groups is 1. The van der Waals surface area contributed by atoms with Crippen molar-refractivity contribution < 1.29 is 9.53 Å². The van der Waals surface area contributed by atoms with Gasteiger partial charge in [-0.05, 0) is 37.3 Å². The van der Waals surface area contributed by atoms with Gasteiger partial charge < -0.3 is 19.9 Å². The maximum absolute atomic E-state index is 11.8. The first-order valence-corrected chi connectivity index (χ1v) is 10.6. The number of ether oxygens (including phenoxy) is 1. The number of benzene rings is 1. The second-order valence-electron chi connectivity index (χ2n) is 8.38. The third-order valence-electron chi connectivity index (χ3n) is 6.24. The van der Waals surface area contributed by atoms with Crippen LogP contribution in [0.5, 0.6) is 0 Å². The fourth-order valence-corrected chi connectivity index (χ4v) is 4.52. The van der Waals surface area contributed by atoms with Gasteiger partial charge in [-0.15, -0.1) is 0 Å². The molecule has 6 heteroatoms. The molecule has 3 heterocycles. The number of rotatable bonds is 5. The smallest absolute Gasteiger partial charge is 0.222 e. The summed E-state index contributed by atoms with van der Waals surface area (Å²) in [6.07, 6.45) is 4.05. The van der Waals surface area contributed by atoms with Crippen LogP contribution in [0.2, 0.25) is 0 Å². The third kappa shape index (κ3) is 4.32. The molecule has 28 heavy (non-hydrogen) atoms. The highest BCUT2D eigenvalue weighted by atomic mass is 16.5. The quantitative estimate of drug-likeness (QED) is 0.626. The van der Waals surface area contributed by atoms with Crippen molar-refractivity contribution in [3.63, 3.8) is 0 Å². The zero-order valence-electron chi connectivity index (χ0n) is 17.0. The van der Waals surface area contributed by atoms with Crippen LogP contribution in [-0.4, -0.2) is 61.1 Å². The van der Waals surface area contributed by atoms with Crippen molar-refractivity contribution in [1.82, 2.24) is 15.1 Å². The maximum atomic E-state index is 11.8. The molecule has 1 atom stereocenters. The molecule has 3 aliphatic rings. The van der Waals surface area contributed by atoms with Crippen LogP contribution in [0.25, 0.3) is 0 Å². The van der Waals surface area contributed by atoms with Gasteiger partial charge in [0.05, 0.1) is 13.2 Å². The van der Waals surface area contributed by atoms with Gasteiger partial charge in [-0.2, -0.15) is 0 Å². The molecule has 3 saturated heterocycles. The highest BCUT2D eigenvalue weighted by Crippen LogP contribution is 2.38. The van der Waals surface area contributed by atoms with Crippen LogP contribution in [0.4, 0.5) is 0 Å². The van der Waals surface area contributed by atoms with Crippen molar-refractivity contribution >= 4 is 11.9 Å². The Morgan fingerprint density at radius 3 is 2.71 bits per heavy atom. The van der Waals surface area contributed by atoms with Crippen LogP contribution in [0.3, 0.4) is 0 Å². The lowest BCUT2D eigenvalue weighted by Gasteiger charge is -2.25. The van der Waals surface area contributed by atoms with E-state index in [0.717, 1.165) is 58.3 Å². The van der Waals surface area contributed by atoms with Crippen molar-refractivity contribution in [2.45, 2.75) is 45.7 Å². The van der Waals surface area contributed by atoms with E-state index in [-0.39, 0.29) is 5.91 Å². The standard InChI is InChI=1S/C22H32N4O2/c1-2-23-21(26-12-9-22(16-26)10-13-28-17-22)24-14-18-5-7-19(8-6-18)15-25-11-3-4-20(25)27/h5-8H,2-4,9-17H2,1H3,(H,23,24). The van der Waals surface area contributed by atoms with Gasteiger partial charge >= 0.3 is 0 Å². The highest BCUT2D eigenvalue weighted by Gasteiger charge is 2.42. The molecule has 0 aliphatic carbocycles. The Morgan fingerprint density at radius 1 is 1.21 bits per heavy atom. The summed E-state index contributed by atoms with van der Waals surface area (Å²) in [7, 11) is 0. The first-order valence-electron chi connectivity index (χ1n) is 10.6. The lowest BCUT2D eigenvalue weighted by Crippen LogP contribution is -2.41. The molecule has 3 fully saturated rings. The van der Waals surface area contributed by atoms with E-state index in [4.69, 9.17) is 9.73 Å². The zero-order valence-corrected chi connectivity index (χ0v) is 17.0. The van der Waals surface area contributed by atoms with Gasteiger partial charge in [0, 0.05) is 51.2 Å². The predicted octanol–water partition coefficient (Wildman–Crippen LogP) is 2.39. The number of hydrogen-bond donors (Lipinski definition) is 1. The first kappa shape index (κ1) is 19.2. The Balaban J connectivity index is 1.36. The van der Waals surface area contributed by atoms with Gasteiger partial charge in [0.1, 0.15) is 0 Å². The summed E-state index contributed by atoms with van der Waals surface area (Å²) in [5, 5.41) is 3.46. The summed E-state index contributed by atoms with van der Waals surface area (Å²) in [6.45, 7) is 9.17. The molecule has 1 aromatic carbocycles. The molecule has 6 nitrogen and oxygen atoms in total. The van der Waals surface area contributed by atoms with Crippen LogP contribution in [-0.2, 0) is 22.6 Å². The fraction of sp³-hybridized carbons (Fsp3) is 0.636. The average Bonchev–Trinajstić information content (AvgIpc) is 3.44. The largest absolute Gasteiger partial charge is 0.381 e. The summed E-state index contributed by atoms with van der Waals surface area (Å²) in [4.78, 5) is 21.0. The highest BCUT2D eigenvalue weighted by molar-refractivity contribution is 5.80. The Hall–Kier alpha value is -2.08. The lowest BCUT2D eigenvalue weighted by molar-refractivity contribution is -0.128. The van der Waals surface area contributed by atoms with Crippen molar-refractivity contribution in [1.29, 1.82) is 0 Å². The minimum Gasteiger partial charge on any atom is -0.381 e. The van der Waals surface area contributed by atoms with Crippen LogP contribution < -0.4 is 5.32 Å². The van der Waals surface area contributed by atoms with E-state index in [2.05, 4.69) is 41.4 Å². The molecule has 152 valence electrons. The molecule has 1 amide bonds. The molecule has 0 saturated carbocycles. The molecular formula is C22H32N4O2.